The first kappa shape index (κ1) is 28.1. The van der Waals surface area contributed by atoms with Gasteiger partial charge in [0.05, 0.1) is 12.7 Å². The number of morpholine rings is 1. The van der Waals surface area contributed by atoms with Gasteiger partial charge in [-0.1, -0.05) is 93.4 Å². The molecule has 2 aromatic carbocycles. The Morgan fingerprint density at radius 2 is 1.61 bits per heavy atom. The third-order valence-corrected chi connectivity index (χ3v) is 11.7. The van der Waals surface area contributed by atoms with Gasteiger partial charge in [0.1, 0.15) is 18.4 Å². The SMILES string of the molecule is CC(C)(C)[Si](C)(C)OC[C@@H]1CN(Cc2ccccc2)C[C@@H](C#Cc2cccc(OCc3ccccc3)n2)O1. The van der Waals surface area contributed by atoms with Crippen molar-refractivity contribution in [3.05, 3.63) is 95.7 Å². The highest BCUT2D eigenvalue weighted by Gasteiger charge is 2.38. The second kappa shape index (κ2) is 12.7. The Hall–Kier alpha value is -2.95. The van der Waals surface area contributed by atoms with Crippen LogP contribution in [0.2, 0.25) is 18.1 Å². The third kappa shape index (κ3) is 8.27. The molecule has 3 aromatic rings. The second-order valence-corrected chi connectivity index (χ2v) is 16.2. The molecule has 0 saturated carbocycles. The fourth-order valence-corrected chi connectivity index (χ4v) is 5.06. The molecule has 1 aliphatic rings. The van der Waals surface area contributed by atoms with Crippen LogP contribution in [0.1, 0.15) is 37.6 Å². The maximum atomic E-state index is 6.53. The first-order chi connectivity index (χ1) is 18.2. The second-order valence-electron chi connectivity index (χ2n) is 11.4. The van der Waals surface area contributed by atoms with Crippen molar-refractivity contribution in [3.8, 4) is 17.7 Å². The molecule has 4 rings (SSSR count). The highest BCUT2D eigenvalue weighted by molar-refractivity contribution is 6.74. The minimum Gasteiger partial charge on any atom is -0.473 e. The number of rotatable bonds is 8. The molecule has 0 radical (unpaired) electrons. The van der Waals surface area contributed by atoms with E-state index in [4.69, 9.17) is 13.9 Å². The predicted octanol–water partition coefficient (Wildman–Crippen LogP) is 6.30. The van der Waals surface area contributed by atoms with E-state index in [-0.39, 0.29) is 17.2 Å². The summed E-state index contributed by atoms with van der Waals surface area (Å²) in [6, 6.07) is 26.3. The lowest BCUT2D eigenvalue weighted by Gasteiger charge is -2.40. The lowest BCUT2D eigenvalue weighted by Crippen LogP contribution is -2.50. The van der Waals surface area contributed by atoms with E-state index in [1.807, 2.05) is 48.5 Å². The van der Waals surface area contributed by atoms with Gasteiger partial charge in [0.25, 0.3) is 0 Å². The van der Waals surface area contributed by atoms with Crippen LogP contribution in [-0.4, -0.2) is 50.1 Å². The van der Waals surface area contributed by atoms with Crippen molar-refractivity contribution < 1.29 is 13.9 Å². The normalized spacial score (nSPS) is 18.4. The average molecular weight is 529 g/mol. The summed E-state index contributed by atoms with van der Waals surface area (Å²) in [5.74, 6) is 7.13. The van der Waals surface area contributed by atoms with Crippen LogP contribution in [0.4, 0.5) is 0 Å². The molecule has 5 nitrogen and oxygen atoms in total. The third-order valence-electron chi connectivity index (χ3n) is 7.24. The van der Waals surface area contributed by atoms with Crippen LogP contribution in [0.15, 0.2) is 78.9 Å². The van der Waals surface area contributed by atoms with Crippen LogP contribution in [0.25, 0.3) is 0 Å². The average Bonchev–Trinajstić information content (AvgIpc) is 2.90. The van der Waals surface area contributed by atoms with E-state index in [9.17, 15) is 0 Å². The molecule has 0 bridgehead atoms. The smallest absolute Gasteiger partial charge is 0.214 e. The number of aromatic nitrogens is 1. The predicted molar refractivity (Wildman–Crippen MR) is 155 cm³/mol. The van der Waals surface area contributed by atoms with E-state index >= 15 is 0 Å². The Bertz CT molecular complexity index is 1220. The quantitative estimate of drug-likeness (QED) is 0.253. The summed E-state index contributed by atoms with van der Waals surface area (Å²) in [6.07, 6.45) is -0.259. The Labute approximate surface area is 229 Å². The van der Waals surface area contributed by atoms with Gasteiger partial charge in [-0.05, 0) is 41.2 Å². The zero-order valence-electron chi connectivity index (χ0n) is 23.3. The maximum absolute atomic E-state index is 6.53. The van der Waals surface area contributed by atoms with Crippen molar-refractivity contribution >= 4 is 8.32 Å². The lowest BCUT2D eigenvalue weighted by molar-refractivity contribution is -0.0803. The number of nitrogens with zero attached hydrogens (tertiary/aromatic N) is 2. The van der Waals surface area contributed by atoms with Crippen LogP contribution in [0.3, 0.4) is 0 Å². The molecular formula is C32H40N2O3Si. The molecule has 0 unspecified atom stereocenters. The standard InChI is InChI=1S/C32H40N2O3Si/c1-32(2,3)38(4,5)36-25-30-23-34(21-26-13-8-6-9-14-26)22-29(37-30)20-19-28-17-12-18-31(33-28)35-24-27-15-10-7-11-16-27/h6-18,29-30H,21-25H2,1-5H3/t29-,30+/m1/s1. The fourth-order valence-electron chi connectivity index (χ4n) is 4.03. The van der Waals surface area contributed by atoms with Gasteiger partial charge in [0, 0.05) is 25.7 Å². The summed E-state index contributed by atoms with van der Waals surface area (Å²) in [5.41, 5.74) is 3.06. The molecule has 0 amide bonds. The Morgan fingerprint density at radius 3 is 2.29 bits per heavy atom. The zero-order valence-corrected chi connectivity index (χ0v) is 24.3. The zero-order chi connectivity index (χ0) is 27.0. The van der Waals surface area contributed by atoms with Gasteiger partial charge in [-0.15, -0.1) is 0 Å². The van der Waals surface area contributed by atoms with Crippen LogP contribution in [0.5, 0.6) is 5.88 Å². The lowest BCUT2D eigenvalue weighted by atomic mass is 10.1. The van der Waals surface area contributed by atoms with Crippen molar-refractivity contribution in [3.63, 3.8) is 0 Å². The number of pyridine rings is 1. The van der Waals surface area contributed by atoms with Crippen molar-refractivity contribution in [1.82, 2.24) is 9.88 Å². The number of benzene rings is 2. The monoisotopic (exact) mass is 528 g/mol. The van der Waals surface area contributed by atoms with Crippen LogP contribution in [0, 0.1) is 11.8 Å². The molecule has 1 aliphatic heterocycles. The van der Waals surface area contributed by atoms with Crippen molar-refractivity contribution in [1.29, 1.82) is 0 Å². The summed E-state index contributed by atoms with van der Waals surface area (Å²) in [4.78, 5) is 7.01. The fraction of sp³-hybridized carbons (Fsp3) is 0.406. The van der Waals surface area contributed by atoms with E-state index < -0.39 is 8.32 Å². The van der Waals surface area contributed by atoms with Crippen molar-refractivity contribution in [2.45, 2.75) is 64.3 Å². The van der Waals surface area contributed by atoms with Gasteiger partial charge in [-0.2, -0.15) is 0 Å². The van der Waals surface area contributed by atoms with E-state index in [1.165, 1.54) is 5.56 Å². The summed E-state index contributed by atoms with van der Waals surface area (Å²) in [7, 11) is -1.88. The van der Waals surface area contributed by atoms with Crippen molar-refractivity contribution in [2.24, 2.45) is 0 Å². The first-order valence-corrected chi connectivity index (χ1v) is 16.3. The molecule has 1 saturated heterocycles. The van der Waals surface area contributed by atoms with Gasteiger partial charge in [-0.3, -0.25) is 4.90 Å². The minimum atomic E-state index is -1.88. The van der Waals surface area contributed by atoms with E-state index in [0.29, 0.717) is 24.8 Å². The Kier molecular flexibility index (Phi) is 9.40. The van der Waals surface area contributed by atoms with Gasteiger partial charge in [0.2, 0.25) is 5.88 Å². The number of hydrogen-bond donors (Lipinski definition) is 0. The Balaban J connectivity index is 1.44. The van der Waals surface area contributed by atoms with Gasteiger partial charge in [0.15, 0.2) is 8.32 Å². The van der Waals surface area contributed by atoms with E-state index in [2.05, 4.69) is 85.9 Å². The molecule has 2 heterocycles. The van der Waals surface area contributed by atoms with Crippen molar-refractivity contribution in [2.75, 3.05) is 19.7 Å². The van der Waals surface area contributed by atoms with Gasteiger partial charge in [-0.25, -0.2) is 4.98 Å². The van der Waals surface area contributed by atoms with E-state index in [0.717, 1.165) is 25.2 Å². The highest BCUT2D eigenvalue weighted by Crippen LogP contribution is 2.36. The molecule has 1 fully saturated rings. The molecule has 6 heteroatoms. The van der Waals surface area contributed by atoms with Crippen LogP contribution < -0.4 is 4.74 Å². The molecular weight excluding hydrogens is 488 g/mol. The number of ether oxygens (including phenoxy) is 2. The summed E-state index contributed by atoms with van der Waals surface area (Å²) < 4.78 is 18.9. The van der Waals surface area contributed by atoms with Crippen LogP contribution in [-0.2, 0) is 22.3 Å². The summed E-state index contributed by atoms with van der Waals surface area (Å²) in [5, 5.41) is 0.157. The Morgan fingerprint density at radius 1 is 0.921 bits per heavy atom. The molecule has 200 valence electrons. The largest absolute Gasteiger partial charge is 0.473 e. The molecule has 0 spiro atoms. The van der Waals surface area contributed by atoms with Crippen LogP contribution >= 0.6 is 0 Å². The summed E-state index contributed by atoms with van der Waals surface area (Å²) >= 11 is 0. The van der Waals surface area contributed by atoms with Gasteiger partial charge >= 0.3 is 0 Å². The first-order valence-electron chi connectivity index (χ1n) is 13.4. The molecule has 2 atom stereocenters. The minimum absolute atomic E-state index is 0.0330. The highest BCUT2D eigenvalue weighted by atomic mass is 28.4. The molecule has 0 aliphatic carbocycles. The maximum Gasteiger partial charge on any atom is 0.214 e. The molecule has 38 heavy (non-hydrogen) atoms. The molecule has 1 aromatic heterocycles. The van der Waals surface area contributed by atoms with Gasteiger partial charge < -0.3 is 13.9 Å². The molecule has 0 N–H and O–H groups in total. The topological polar surface area (TPSA) is 43.8 Å². The van der Waals surface area contributed by atoms with E-state index in [1.54, 1.807) is 0 Å². The summed E-state index contributed by atoms with van der Waals surface area (Å²) in [6.45, 7) is 14.8. The number of hydrogen-bond acceptors (Lipinski definition) is 5.